The Hall–Kier alpha value is -0.550. The second-order valence-corrected chi connectivity index (χ2v) is 8.29. The first-order valence-electron chi connectivity index (χ1n) is 9.03. The van der Waals surface area contributed by atoms with Crippen LogP contribution in [0, 0.1) is 0 Å². The summed E-state index contributed by atoms with van der Waals surface area (Å²) in [7, 11) is 0. The molecule has 4 heteroatoms. The van der Waals surface area contributed by atoms with Gasteiger partial charge in [-0.1, -0.05) is 30.3 Å². The molecule has 128 valence electrons. The number of benzene rings is 1. The Balaban J connectivity index is 1.34. The van der Waals surface area contributed by atoms with Gasteiger partial charge in [0.25, 0.3) is 0 Å². The minimum atomic E-state index is -0.449. The summed E-state index contributed by atoms with van der Waals surface area (Å²) < 4.78 is 0. The van der Waals surface area contributed by atoms with Crippen LogP contribution in [0.3, 0.4) is 0 Å². The van der Waals surface area contributed by atoms with Gasteiger partial charge in [0.15, 0.2) is 0 Å². The number of hydrogen-bond acceptors (Lipinski definition) is 4. The minimum absolute atomic E-state index is 0.449. The van der Waals surface area contributed by atoms with Gasteiger partial charge in [-0.05, 0) is 62.3 Å². The van der Waals surface area contributed by atoms with E-state index in [9.17, 15) is 5.11 Å². The highest BCUT2D eigenvalue weighted by atomic mass is 32.2. The van der Waals surface area contributed by atoms with E-state index < -0.39 is 5.60 Å². The number of nitrogens with one attached hydrogen (secondary N) is 1. The zero-order chi connectivity index (χ0) is 16.0. The Morgan fingerprint density at radius 3 is 2.52 bits per heavy atom. The maximum atomic E-state index is 10.6. The second kappa shape index (κ2) is 8.52. The minimum Gasteiger partial charge on any atom is -0.389 e. The van der Waals surface area contributed by atoms with Crippen LogP contribution in [0.25, 0.3) is 0 Å². The molecule has 0 radical (unpaired) electrons. The standard InChI is InChI=1S/C19H30N2OS/c22-19(9-14-23-15-10-19)16-20-18-7-12-21(13-8-18)11-6-17-4-2-1-3-5-17/h1-5,18,20,22H,6-16H2. The van der Waals surface area contributed by atoms with Crippen LogP contribution < -0.4 is 5.32 Å². The summed E-state index contributed by atoms with van der Waals surface area (Å²) >= 11 is 1.97. The Bertz CT molecular complexity index is 454. The van der Waals surface area contributed by atoms with Crippen LogP contribution in [0.2, 0.25) is 0 Å². The van der Waals surface area contributed by atoms with E-state index in [1.54, 1.807) is 0 Å². The average molecular weight is 335 g/mol. The fraction of sp³-hybridized carbons (Fsp3) is 0.684. The molecule has 0 amide bonds. The van der Waals surface area contributed by atoms with Crippen LogP contribution in [0.15, 0.2) is 30.3 Å². The van der Waals surface area contributed by atoms with Crippen molar-refractivity contribution in [2.24, 2.45) is 0 Å². The van der Waals surface area contributed by atoms with Gasteiger partial charge in [0.2, 0.25) is 0 Å². The monoisotopic (exact) mass is 334 g/mol. The second-order valence-electron chi connectivity index (χ2n) is 7.07. The molecule has 3 nitrogen and oxygen atoms in total. The van der Waals surface area contributed by atoms with Crippen molar-refractivity contribution in [1.29, 1.82) is 0 Å². The lowest BCUT2D eigenvalue weighted by atomic mass is 9.95. The van der Waals surface area contributed by atoms with Crippen LogP contribution in [0.1, 0.15) is 31.2 Å². The van der Waals surface area contributed by atoms with E-state index in [0.717, 1.165) is 43.9 Å². The average Bonchev–Trinajstić information content (AvgIpc) is 2.61. The largest absolute Gasteiger partial charge is 0.389 e. The molecule has 0 atom stereocenters. The number of hydrogen-bond donors (Lipinski definition) is 2. The van der Waals surface area contributed by atoms with E-state index >= 15 is 0 Å². The van der Waals surface area contributed by atoms with E-state index in [4.69, 9.17) is 0 Å². The highest BCUT2D eigenvalue weighted by Gasteiger charge is 2.30. The molecule has 3 rings (SSSR count). The van der Waals surface area contributed by atoms with Crippen molar-refractivity contribution in [2.75, 3.05) is 37.7 Å². The molecule has 0 aliphatic carbocycles. The Morgan fingerprint density at radius 2 is 1.83 bits per heavy atom. The molecule has 0 spiro atoms. The van der Waals surface area contributed by atoms with Gasteiger partial charge in [0, 0.05) is 19.1 Å². The summed E-state index contributed by atoms with van der Waals surface area (Å²) in [5, 5.41) is 14.2. The molecule has 1 aromatic rings. The number of aliphatic hydroxyl groups is 1. The summed E-state index contributed by atoms with van der Waals surface area (Å²) in [4.78, 5) is 2.58. The third kappa shape index (κ3) is 5.49. The number of nitrogens with zero attached hydrogens (tertiary/aromatic N) is 1. The Morgan fingerprint density at radius 1 is 1.13 bits per heavy atom. The van der Waals surface area contributed by atoms with E-state index in [1.165, 1.54) is 31.5 Å². The van der Waals surface area contributed by atoms with Crippen molar-refractivity contribution < 1.29 is 5.11 Å². The molecule has 2 aliphatic heterocycles. The Kier molecular flexibility index (Phi) is 6.40. The van der Waals surface area contributed by atoms with Crippen molar-refractivity contribution in [3.8, 4) is 0 Å². The molecule has 23 heavy (non-hydrogen) atoms. The van der Waals surface area contributed by atoms with Gasteiger partial charge in [0.05, 0.1) is 5.60 Å². The number of likely N-dealkylation sites (tertiary alicyclic amines) is 1. The third-order valence-corrected chi connectivity index (χ3v) is 6.28. The smallest absolute Gasteiger partial charge is 0.0787 e. The molecule has 2 fully saturated rings. The fourth-order valence-corrected chi connectivity index (χ4v) is 4.81. The molecule has 0 saturated carbocycles. The van der Waals surface area contributed by atoms with Crippen molar-refractivity contribution in [3.63, 3.8) is 0 Å². The summed E-state index contributed by atoms with van der Waals surface area (Å²) in [6.45, 7) is 4.30. The number of piperidine rings is 1. The van der Waals surface area contributed by atoms with Gasteiger partial charge in [-0.25, -0.2) is 0 Å². The third-order valence-electron chi connectivity index (χ3n) is 5.29. The molecule has 0 bridgehead atoms. The summed E-state index contributed by atoms with van der Waals surface area (Å²) in [6.07, 6.45) is 5.46. The van der Waals surface area contributed by atoms with E-state index in [0.29, 0.717) is 6.04 Å². The summed E-state index contributed by atoms with van der Waals surface area (Å²) in [5.74, 6) is 2.21. The van der Waals surface area contributed by atoms with E-state index in [1.807, 2.05) is 11.8 Å². The first-order valence-corrected chi connectivity index (χ1v) is 10.2. The predicted octanol–water partition coefficient (Wildman–Crippen LogP) is 2.54. The van der Waals surface area contributed by atoms with Crippen molar-refractivity contribution >= 4 is 11.8 Å². The molecule has 0 unspecified atom stereocenters. The van der Waals surface area contributed by atoms with Crippen LogP contribution in [0.4, 0.5) is 0 Å². The molecule has 0 aromatic heterocycles. The molecule has 2 saturated heterocycles. The van der Waals surface area contributed by atoms with Gasteiger partial charge in [-0.2, -0.15) is 11.8 Å². The summed E-state index contributed by atoms with van der Waals surface area (Å²) in [6, 6.07) is 11.4. The van der Waals surface area contributed by atoms with Gasteiger partial charge in [0.1, 0.15) is 0 Å². The molecular weight excluding hydrogens is 304 g/mol. The van der Waals surface area contributed by atoms with Crippen LogP contribution in [-0.4, -0.2) is 59.3 Å². The lowest BCUT2D eigenvalue weighted by Gasteiger charge is -2.36. The number of rotatable bonds is 6. The maximum Gasteiger partial charge on any atom is 0.0787 e. The molecular formula is C19H30N2OS. The van der Waals surface area contributed by atoms with E-state index in [2.05, 4.69) is 40.5 Å². The number of thioether (sulfide) groups is 1. The molecule has 1 aromatic carbocycles. The van der Waals surface area contributed by atoms with Gasteiger partial charge in [-0.3, -0.25) is 0 Å². The van der Waals surface area contributed by atoms with Crippen LogP contribution in [-0.2, 0) is 6.42 Å². The maximum absolute atomic E-state index is 10.6. The Labute approximate surface area is 144 Å². The van der Waals surface area contributed by atoms with Crippen LogP contribution >= 0.6 is 11.8 Å². The molecule has 2 heterocycles. The SMILES string of the molecule is OC1(CNC2CCN(CCc3ccccc3)CC2)CCSCC1. The van der Waals surface area contributed by atoms with Gasteiger partial charge >= 0.3 is 0 Å². The highest BCUT2D eigenvalue weighted by molar-refractivity contribution is 7.99. The van der Waals surface area contributed by atoms with E-state index in [-0.39, 0.29) is 0 Å². The first kappa shape index (κ1) is 17.3. The summed E-state index contributed by atoms with van der Waals surface area (Å²) in [5.41, 5.74) is 0.987. The zero-order valence-corrected chi connectivity index (χ0v) is 14.9. The first-order chi connectivity index (χ1) is 11.2. The predicted molar refractivity (Wildman–Crippen MR) is 99.1 cm³/mol. The topological polar surface area (TPSA) is 35.5 Å². The quantitative estimate of drug-likeness (QED) is 0.838. The normalized spacial score (nSPS) is 23.0. The van der Waals surface area contributed by atoms with Crippen molar-refractivity contribution in [3.05, 3.63) is 35.9 Å². The van der Waals surface area contributed by atoms with Crippen molar-refractivity contribution in [1.82, 2.24) is 10.2 Å². The van der Waals surface area contributed by atoms with Gasteiger partial charge < -0.3 is 15.3 Å². The zero-order valence-electron chi connectivity index (χ0n) is 14.0. The fourth-order valence-electron chi connectivity index (χ4n) is 3.56. The highest BCUT2D eigenvalue weighted by Crippen LogP contribution is 2.26. The van der Waals surface area contributed by atoms with Crippen LogP contribution in [0.5, 0.6) is 0 Å². The molecule has 2 N–H and O–H groups in total. The lowest BCUT2D eigenvalue weighted by molar-refractivity contribution is 0.0270. The van der Waals surface area contributed by atoms with Crippen molar-refractivity contribution in [2.45, 2.75) is 43.7 Å². The lowest BCUT2D eigenvalue weighted by Crippen LogP contribution is -2.50. The molecule has 2 aliphatic rings. The van der Waals surface area contributed by atoms with Gasteiger partial charge in [-0.15, -0.1) is 0 Å².